The minimum absolute atomic E-state index is 0.0778. The summed E-state index contributed by atoms with van der Waals surface area (Å²) >= 11 is 6.21. The van der Waals surface area contributed by atoms with Crippen LogP contribution in [0.4, 0.5) is 11.7 Å². The molecule has 0 atom stereocenters. The van der Waals surface area contributed by atoms with E-state index in [1.165, 1.54) is 6.92 Å². The first-order valence-electron chi connectivity index (χ1n) is 8.18. The van der Waals surface area contributed by atoms with Crippen LogP contribution in [-0.2, 0) is 4.79 Å². The van der Waals surface area contributed by atoms with E-state index in [1.54, 1.807) is 42.5 Å². The Bertz CT molecular complexity index is 1200. The first-order valence-corrected chi connectivity index (χ1v) is 8.56. The molecule has 4 aromatic rings. The lowest BCUT2D eigenvalue weighted by atomic mass is 10.0. The predicted octanol–water partition coefficient (Wildman–Crippen LogP) is 4.85. The van der Waals surface area contributed by atoms with Crippen LogP contribution >= 0.6 is 11.6 Å². The van der Waals surface area contributed by atoms with Crippen LogP contribution in [0.25, 0.3) is 21.9 Å². The molecule has 27 heavy (non-hydrogen) atoms. The van der Waals surface area contributed by atoms with Crippen LogP contribution in [0.1, 0.15) is 17.3 Å². The molecule has 1 heterocycles. The Morgan fingerprint density at radius 3 is 2.59 bits per heavy atom. The van der Waals surface area contributed by atoms with Crippen molar-refractivity contribution >= 4 is 57.0 Å². The van der Waals surface area contributed by atoms with Gasteiger partial charge in [-0.3, -0.25) is 14.9 Å². The SMILES string of the molecule is CC(=O)Nc1ccc2nc(NC(=O)c3cccc4c(Cl)cccc34)oc2c1. The molecule has 0 aliphatic heterocycles. The van der Waals surface area contributed by atoms with Gasteiger partial charge in [-0.1, -0.05) is 35.9 Å². The monoisotopic (exact) mass is 379 g/mol. The Labute approximate surface area is 159 Å². The molecule has 134 valence electrons. The molecule has 0 saturated heterocycles. The topological polar surface area (TPSA) is 84.2 Å². The molecule has 2 amide bonds. The fourth-order valence-corrected chi connectivity index (χ4v) is 3.13. The van der Waals surface area contributed by atoms with E-state index < -0.39 is 0 Å². The van der Waals surface area contributed by atoms with Gasteiger partial charge in [0.05, 0.1) is 0 Å². The van der Waals surface area contributed by atoms with Gasteiger partial charge >= 0.3 is 6.01 Å². The van der Waals surface area contributed by atoms with Gasteiger partial charge in [0.15, 0.2) is 5.58 Å². The summed E-state index contributed by atoms with van der Waals surface area (Å²) in [4.78, 5) is 28.1. The minimum Gasteiger partial charge on any atom is -0.423 e. The number of aromatic nitrogens is 1. The van der Waals surface area contributed by atoms with Crippen molar-refractivity contribution in [3.8, 4) is 0 Å². The number of nitrogens with zero attached hydrogens (tertiary/aromatic N) is 1. The van der Waals surface area contributed by atoms with Crippen molar-refractivity contribution in [1.29, 1.82) is 0 Å². The zero-order chi connectivity index (χ0) is 19.0. The zero-order valence-corrected chi connectivity index (χ0v) is 15.0. The Kier molecular flexibility index (Phi) is 4.25. The molecule has 0 aliphatic carbocycles. The maximum Gasteiger partial charge on any atom is 0.302 e. The maximum atomic E-state index is 12.7. The number of anilines is 2. The molecule has 4 rings (SSSR count). The van der Waals surface area contributed by atoms with Crippen molar-refractivity contribution in [2.24, 2.45) is 0 Å². The van der Waals surface area contributed by atoms with Gasteiger partial charge in [-0.15, -0.1) is 0 Å². The number of nitrogens with one attached hydrogen (secondary N) is 2. The molecule has 3 aromatic carbocycles. The molecule has 0 spiro atoms. The molecule has 7 heteroatoms. The Morgan fingerprint density at radius 1 is 1.00 bits per heavy atom. The number of carbonyl (C=O) groups is 2. The van der Waals surface area contributed by atoms with Crippen molar-refractivity contribution < 1.29 is 14.0 Å². The number of hydrogen-bond donors (Lipinski definition) is 2. The highest BCUT2D eigenvalue weighted by Gasteiger charge is 2.15. The predicted molar refractivity (Wildman–Crippen MR) is 105 cm³/mol. The van der Waals surface area contributed by atoms with Gasteiger partial charge in [-0.05, 0) is 29.7 Å². The van der Waals surface area contributed by atoms with E-state index in [0.29, 0.717) is 27.4 Å². The van der Waals surface area contributed by atoms with Crippen LogP contribution in [0.3, 0.4) is 0 Å². The Morgan fingerprint density at radius 2 is 1.78 bits per heavy atom. The van der Waals surface area contributed by atoms with Gasteiger partial charge in [0, 0.05) is 34.6 Å². The second-order valence-electron chi connectivity index (χ2n) is 5.98. The lowest BCUT2D eigenvalue weighted by Crippen LogP contribution is -2.12. The number of halogens is 1. The van der Waals surface area contributed by atoms with Gasteiger partial charge in [-0.25, -0.2) is 0 Å². The minimum atomic E-state index is -0.350. The number of benzene rings is 3. The fraction of sp³-hybridized carbons (Fsp3) is 0.0500. The van der Waals surface area contributed by atoms with Crippen molar-refractivity contribution in [3.05, 3.63) is 65.2 Å². The summed E-state index contributed by atoms with van der Waals surface area (Å²) in [5.74, 6) is -0.534. The standard InChI is InChI=1S/C20H14ClN3O3/c1-11(25)22-12-8-9-17-18(10-12)27-20(23-17)24-19(26)15-6-2-5-14-13(15)4-3-7-16(14)21/h2-10H,1H3,(H,22,25)(H,23,24,26). The second-order valence-corrected chi connectivity index (χ2v) is 6.38. The molecular weight excluding hydrogens is 366 g/mol. The van der Waals surface area contributed by atoms with Gasteiger partial charge in [0.2, 0.25) is 5.91 Å². The summed E-state index contributed by atoms with van der Waals surface area (Å²) in [6.07, 6.45) is 0. The van der Waals surface area contributed by atoms with E-state index >= 15 is 0 Å². The average molecular weight is 380 g/mol. The molecule has 0 saturated carbocycles. The average Bonchev–Trinajstić information content (AvgIpc) is 3.02. The number of oxazole rings is 1. The third kappa shape index (κ3) is 3.35. The molecule has 6 nitrogen and oxygen atoms in total. The number of amides is 2. The molecule has 1 aromatic heterocycles. The maximum absolute atomic E-state index is 12.7. The smallest absolute Gasteiger partial charge is 0.302 e. The first kappa shape index (κ1) is 17.1. The van der Waals surface area contributed by atoms with E-state index in [4.69, 9.17) is 16.0 Å². The van der Waals surface area contributed by atoms with Gasteiger partial charge in [0.25, 0.3) is 5.91 Å². The zero-order valence-electron chi connectivity index (χ0n) is 14.2. The fourth-order valence-electron chi connectivity index (χ4n) is 2.89. The highest BCUT2D eigenvalue weighted by atomic mass is 35.5. The van der Waals surface area contributed by atoms with Gasteiger partial charge in [-0.2, -0.15) is 4.98 Å². The van der Waals surface area contributed by atoms with Crippen LogP contribution in [0.2, 0.25) is 5.02 Å². The lowest BCUT2D eigenvalue weighted by molar-refractivity contribution is -0.114. The molecule has 0 unspecified atom stereocenters. The van der Waals surface area contributed by atoms with Crippen LogP contribution in [0.5, 0.6) is 0 Å². The number of fused-ring (bicyclic) bond motifs is 2. The molecule has 0 aliphatic rings. The Hall–Kier alpha value is -3.38. The van der Waals surface area contributed by atoms with Crippen molar-refractivity contribution in [3.63, 3.8) is 0 Å². The molecular formula is C20H14ClN3O3. The number of rotatable bonds is 3. The van der Waals surface area contributed by atoms with Crippen molar-refractivity contribution in [2.75, 3.05) is 10.6 Å². The van der Waals surface area contributed by atoms with Crippen LogP contribution in [0, 0.1) is 0 Å². The molecule has 2 N–H and O–H groups in total. The van der Waals surface area contributed by atoms with Crippen LogP contribution in [-0.4, -0.2) is 16.8 Å². The normalized spacial score (nSPS) is 10.9. The summed E-state index contributed by atoms with van der Waals surface area (Å²) in [6.45, 7) is 1.42. The molecule has 0 bridgehead atoms. The van der Waals surface area contributed by atoms with Crippen molar-refractivity contribution in [2.45, 2.75) is 6.92 Å². The number of carbonyl (C=O) groups excluding carboxylic acids is 2. The summed E-state index contributed by atoms with van der Waals surface area (Å²) in [5, 5.41) is 7.46. The molecule has 0 radical (unpaired) electrons. The van der Waals surface area contributed by atoms with E-state index in [2.05, 4.69) is 15.6 Å². The van der Waals surface area contributed by atoms with E-state index in [1.807, 2.05) is 12.1 Å². The molecule has 0 fully saturated rings. The summed E-state index contributed by atoms with van der Waals surface area (Å²) < 4.78 is 5.60. The lowest BCUT2D eigenvalue weighted by Gasteiger charge is -2.06. The second kappa shape index (κ2) is 6.74. The number of hydrogen-bond acceptors (Lipinski definition) is 4. The first-order chi connectivity index (χ1) is 13.0. The highest BCUT2D eigenvalue weighted by Crippen LogP contribution is 2.27. The summed E-state index contributed by atoms with van der Waals surface area (Å²) in [6, 6.07) is 15.9. The van der Waals surface area contributed by atoms with Crippen LogP contribution in [0.15, 0.2) is 59.0 Å². The third-order valence-electron chi connectivity index (χ3n) is 4.04. The van der Waals surface area contributed by atoms with Gasteiger partial charge in [0.1, 0.15) is 5.52 Å². The quantitative estimate of drug-likeness (QED) is 0.533. The summed E-state index contributed by atoms with van der Waals surface area (Å²) in [5.41, 5.74) is 2.08. The van der Waals surface area contributed by atoms with E-state index in [9.17, 15) is 9.59 Å². The Balaban J connectivity index is 1.65. The van der Waals surface area contributed by atoms with Gasteiger partial charge < -0.3 is 9.73 Å². The largest absolute Gasteiger partial charge is 0.423 e. The summed E-state index contributed by atoms with van der Waals surface area (Å²) in [7, 11) is 0. The van der Waals surface area contributed by atoms with Crippen molar-refractivity contribution in [1.82, 2.24) is 4.98 Å². The van der Waals surface area contributed by atoms with Crippen LogP contribution < -0.4 is 10.6 Å². The van der Waals surface area contributed by atoms with E-state index in [0.717, 1.165) is 10.8 Å². The van der Waals surface area contributed by atoms with E-state index in [-0.39, 0.29) is 17.8 Å². The highest BCUT2D eigenvalue weighted by molar-refractivity contribution is 6.36. The third-order valence-corrected chi connectivity index (χ3v) is 4.37.